The number of hydrogen-bond donors (Lipinski definition) is 1. The molecule has 1 amide bonds. The number of nitrogens with one attached hydrogen (secondary N) is 1. The number of ether oxygens (including phenoxy) is 3. The van der Waals surface area contributed by atoms with Crippen LogP contribution < -0.4 is 10.1 Å². The Labute approximate surface area is 237 Å². The van der Waals surface area contributed by atoms with Gasteiger partial charge in [0.15, 0.2) is 17.1 Å². The van der Waals surface area contributed by atoms with E-state index < -0.39 is 23.9 Å². The van der Waals surface area contributed by atoms with Crippen LogP contribution in [0.4, 0.5) is 5.00 Å². The van der Waals surface area contributed by atoms with Gasteiger partial charge >= 0.3 is 11.9 Å². The molecule has 0 spiro atoms. The highest BCUT2D eigenvalue weighted by atomic mass is 35.5. The van der Waals surface area contributed by atoms with E-state index in [9.17, 15) is 14.4 Å². The Kier molecular flexibility index (Phi) is 10.2. The number of thiophene rings is 1. The maximum Gasteiger partial charge on any atom is 0.348 e. The summed E-state index contributed by atoms with van der Waals surface area (Å²) in [6.07, 6.45) is 1.12. The van der Waals surface area contributed by atoms with Gasteiger partial charge in [0.1, 0.15) is 15.6 Å². The van der Waals surface area contributed by atoms with Gasteiger partial charge in [-0.3, -0.25) is 9.36 Å². The van der Waals surface area contributed by atoms with Gasteiger partial charge in [0.2, 0.25) is 5.91 Å². The number of allylic oxidation sites excluding steroid dienone is 1. The summed E-state index contributed by atoms with van der Waals surface area (Å²) >= 11 is 14.3. The van der Waals surface area contributed by atoms with Crippen molar-refractivity contribution >= 4 is 69.1 Å². The molecule has 0 aliphatic rings. The number of anilines is 1. The molecule has 0 bridgehead atoms. The Morgan fingerprint density at radius 3 is 2.58 bits per heavy atom. The van der Waals surface area contributed by atoms with Gasteiger partial charge in [-0.2, -0.15) is 0 Å². The smallest absolute Gasteiger partial charge is 0.348 e. The van der Waals surface area contributed by atoms with Crippen LogP contribution in [-0.2, 0) is 20.8 Å². The van der Waals surface area contributed by atoms with Crippen molar-refractivity contribution in [1.29, 1.82) is 0 Å². The SMILES string of the molecule is C=CCn1c(SCC(=O)Nc2sc(C(=O)OC)c(C)c2C(=O)OC)nnc1C(C)Oc1cc(Cl)ccc1Cl. The Morgan fingerprint density at radius 1 is 1.21 bits per heavy atom. The van der Waals surface area contributed by atoms with Gasteiger partial charge in [0, 0.05) is 17.6 Å². The van der Waals surface area contributed by atoms with Crippen LogP contribution in [0.5, 0.6) is 5.75 Å². The highest BCUT2D eigenvalue weighted by Gasteiger charge is 2.27. The number of hydrogen-bond acceptors (Lipinski definition) is 10. The summed E-state index contributed by atoms with van der Waals surface area (Å²) in [5, 5.41) is 12.6. The first-order chi connectivity index (χ1) is 18.1. The van der Waals surface area contributed by atoms with Crippen LogP contribution in [0.2, 0.25) is 10.0 Å². The number of carbonyl (C=O) groups excluding carboxylic acids is 3. The number of esters is 2. The van der Waals surface area contributed by atoms with Gasteiger partial charge in [-0.05, 0) is 31.5 Å². The predicted molar refractivity (Wildman–Crippen MR) is 147 cm³/mol. The third-order valence-corrected chi connectivity index (χ3v) is 7.81. The fraction of sp³-hybridized carbons (Fsp3) is 0.292. The Balaban J connectivity index is 1.76. The molecule has 0 radical (unpaired) electrons. The molecule has 2 aromatic heterocycles. The zero-order valence-electron chi connectivity index (χ0n) is 20.9. The number of halogens is 2. The normalized spacial score (nSPS) is 11.5. The highest BCUT2D eigenvalue weighted by Crippen LogP contribution is 2.35. The van der Waals surface area contributed by atoms with E-state index in [0.29, 0.717) is 38.9 Å². The molecule has 1 N–H and O–H groups in total. The summed E-state index contributed by atoms with van der Waals surface area (Å²) in [6, 6.07) is 4.90. The third-order valence-electron chi connectivity index (χ3n) is 5.11. The van der Waals surface area contributed by atoms with E-state index in [1.54, 1.807) is 42.7 Å². The minimum absolute atomic E-state index is 0.0598. The molecular formula is C24H24Cl2N4O6S2. The summed E-state index contributed by atoms with van der Waals surface area (Å²) in [4.78, 5) is 37.4. The van der Waals surface area contributed by atoms with Crippen molar-refractivity contribution in [3.05, 3.63) is 62.7 Å². The second-order valence-corrected chi connectivity index (χ2v) is 10.5. The maximum atomic E-state index is 12.8. The summed E-state index contributed by atoms with van der Waals surface area (Å²) < 4.78 is 17.3. The van der Waals surface area contributed by atoms with E-state index in [-0.39, 0.29) is 21.2 Å². The van der Waals surface area contributed by atoms with Crippen LogP contribution in [0.25, 0.3) is 0 Å². The van der Waals surface area contributed by atoms with Gasteiger partial charge in [-0.1, -0.05) is 41.0 Å². The minimum atomic E-state index is -0.680. The number of thioether (sulfide) groups is 1. The molecule has 1 aromatic carbocycles. The molecule has 3 aromatic rings. The van der Waals surface area contributed by atoms with Crippen molar-refractivity contribution in [3.8, 4) is 5.75 Å². The first kappa shape index (κ1) is 29.5. The lowest BCUT2D eigenvalue weighted by Gasteiger charge is -2.16. The molecule has 3 rings (SSSR count). The second kappa shape index (κ2) is 13.1. The predicted octanol–water partition coefficient (Wildman–Crippen LogP) is 5.58. The standard InChI is InChI=1S/C24H24Cl2N4O6S2/c1-6-9-30-20(13(3)36-16-10-14(25)7-8-15(16)26)28-29-24(30)37-11-17(31)27-21-18(22(32)34-4)12(2)19(38-21)23(33)35-5/h6-8,10,13H,1,9,11H2,2-5H3,(H,27,31). The quantitative estimate of drug-likeness (QED) is 0.171. The monoisotopic (exact) mass is 598 g/mol. The van der Waals surface area contributed by atoms with Crippen molar-refractivity contribution < 1.29 is 28.6 Å². The van der Waals surface area contributed by atoms with Crippen molar-refractivity contribution in [3.63, 3.8) is 0 Å². The number of amides is 1. The van der Waals surface area contributed by atoms with Crippen molar-refractivity contribution in [2.24, 2.45) is 0 Å². The molecule has 0 fully saturated rings. The van der Waals surface area contributed by atoms with Crippen molar-refractivity contribution in [2.45, 2.75) is 31.7 Å². The largest absolute Gasteiger partial charge is 0.481 e. The topological polar surface area (TPSA) is 122 Å². The molecular weight excluding hydrogens is 575 g/mol. The average Bonchev–Trinajstić information content (AvgIpc) is 3.44. The Morgan fingerprint density at radius 2 is 1.92 bits per heavy atom. The van der Waals surface area contributed by atoms with Crippen LogP contribution in [0, 0.1) is 6.92 Å². The van der Waals surface area contributed by atoms with Gasteiger partial charge in [-0.15, -0.1) is 28.1 Å². The van der Waals surface area contributed by atoms with Gasteiger partial charge < -0.3 is 19.5 Å². The molecule has 2 heterocycles. The molecule has 0 saturated carbocycles. The zero-order chi connectivity index (χ0) is 28.0. The van der Waals surface area contributed by atoms with Crippen LogP contribution in [0.15, 0.2) is 36.0 Å². The molecule has 10 nitrogen and oxygen atoms in total. The molecule has 1 unspecified atom stereocenters. The van der Waals surface area contributed by atoms with E-state index >= 15 is 0 Å². The van der Waals surface area contributed by atoms with Crippen LogP contribution in [-0.4, -0.2) is 52.6 Å². The lowest BCUT2D eigenvalue weighted by Crippen LogP contribution is -2.17. The number of aromatic nitrogens is 3. The summed E-state index contributed by atoms with van der Waals surface area (Å²) in [6.45, 7) is 7.51. The Hall–Kier alpha value is -3.06. The molecule has 0 saturated heterocycles. The number of benzene rings is 1. The fourth-order valence-corrected chi connectivity index (χ4v) is 5.56. The number of rotatable bonds is 11. The lowest BCUT2D eigenvalue weighted by atomic mass is 10.1. The summed E-state index contributed by atoms with van der Waals surface area (Å²) in [7, 11) is 2.45. The fourth-order valence-electron chi connectivity index (χ4n) is 3.35. The van der Waals surface area contributed by atoms with Crippen molar-refractivity contribution in [1.82, 2.24) is 14.8 Å². The number of carbonyl (C=O) groups is 3. The Bertz CT molecular complexity index is 1370. The minimum Gasteiger partial charge on any atom is -0.481 e. The van der Waals surface area contributed by atoms with Crippen LogP contribution in [0.3, 0.4) is 0 Å². The molecule has 38 heavy (non-hydrogen) atoms. The molecule has 0 aliphatic carbocycles. The molecule has 0 aliphatic heterocycles. The maximum absolute atomic E-state index is 12.8. The summed E-state index contributed by atoms with van der Waals surface area (Å²) in [5.41, 5.74) is 0.458. The highest BCUT2D eigenvalue weighted by molar-refractivity contribution is 7.99. The molecule has 14 heteroatoms. The van der Waals surface area contributed by atoms with E-state index in [1.165, 1.54) is 14.2 Å². The van der Waals surface area contributed by atoms with E-state index in [2.05, 4.69) is 22.1 Å². The van der Waals surface area contributed by atoms with Crippen molar-refractivity contribution in [2.75, 3.05) is 25.3 Å². The number of nitrogens with zero attached hydrogens (tertiary/aromatic N) is 3. The van der Waals surface area contributed by atoms with Crippen LogP contribution in [0.1, 0.15) is 44.4 Å². The summed E-state index contributed by atoms with van der Waals surface area (Å²) in [5.74, 6) is -0.896. The van der Waals surface area contributed by atoms with E-state index in [4.69, 9.17) is 37.4 Å². The zero-order valence-corrected chi connectivity index (χ0v) is 24.0. The van der Waals surface area contributed by atoms with Crippen LogP contribution >= 0.6 is 46.3 Å². The third kappa shape index (κ3) is 6.68. The average molecular weight is 600 g/mol. The van der Waals surface area contributed by atoms with Gasteiger partial charge in [0.05, 0.1) is 30.6 Å². The molecule has 1 atom stereocenters. The van der Waals surface area contributed by atoms with E-state index in [0.717, 1.165) is 23.1 Å². The second-order valence-electron chi connectivity index (χ2n) is 7.66. The van der Waals surface area contributed by atoms with E-state index in [1.807, 2.05) is 0 Å². The first-order valence-electron chi connectivity index (χ1n) is 11.0. The lowest BCUT2D eigenvalue weighted by molar-refractivity contribution is -0.113. The van der Waals surface area contributed by atoms with Gasteiger partial charge in [-0.25, -0.2) is 9.59 Å². The number of methoxy groups -OCH3 is 2. The first-order valence-corrected chi connectivity index (χ1v) is 13.5. The molecule has 202 valence electrons. The van der Waals surface area contributed by atoms with Gasteiger partial charge in [0.25, 0.3) is 0 Å².